The molecule has 0 aliphatic carbocycles. The molecular weight excluding hydrogens is 398 g/mol. The van der Waals surface area contributed by atoms with Crippen molar-refractivity contribution in [2.24, 2.45) is 0 Å². The summed E-state index contributed by atoms with van der Waals surface area (Å²) in [6.45, 7) is 0.641. The van der Waals surface area contributed by atoms with Crippen molar-refractivity contribution in [3.05, 3.63) is 100 Å². The number of carboxylic acid groups (broad SMARTS) is 1. The number of carboxylic acids is 1. The molecule has 0 spiro atoms. The number of halogens is 1. The zero-order valence-electron chi connectivity index (χ0n) is 15.8. The smallest absolute Gasteiger partial charge is 0.335 e. The number of nitriles is 1. The van der Waals surface area contributed by atoms with E-state index in [2.05, 4.69) is 15.6 Å². The third-order valence-corrected chi connectivity index (χ3v) is 5.08. The van der Waals surface area contributed by atoms with Gasteiger partial charge in [0, 0.05) is 41.1 Å². The predicted octanol–water partition coefficient (Wildman–Crippen LogP) is 5.50. The fourth-order valence-corrected chi connectivity index (χ4v) is 3.52. The molecular formula is C24H16ClN3O2. The van der Waals surface area contributed by atoms with Crippen LogP contribution in [0, 0.1) is 11.3 Å². The minimum absolute atomic E-state index is 0.180. The number of rotatable bonds is 5. The largest absolute Gasteiger partial charge is 0.478 e. The molecule has 0 radical (unpaired) electrons. The summed E-state index contributed by atoms with van der Waals surface area (Å²) in [5.41, 5.74) is 4.23. The van der Waals surface area contributed by atoms with Gasteiger partial charge in [0.15, 0.2) is 0 Å². The van der Waals surface area contributed by atoms with Gasteiger partial charge in [-0.3, -0.25) is 4.98 Å². The number of fused-ring (bicyclic) bond motifs is 1. The molecule has 2 aromatic heterocycles. The highest BCUT2D eigenvalue weighted by Crippen LogP contribution is 2.29. The fraction of sp³-hybridized carbons (Fsp3) is 0.0417. The number of pyridine rings is 1. The third-order valence-electron chi connectivity index (χ3n) is 4.84. The number of hydrogen-bond acceptors (Lipinski definition) is 3. The van der Waals surface area contributed by atoms with Crippen LogP contribution in [0.3, 0.4) is 0 Å². The van der Waals surface area contributed by atoms with Gasteiger partial charge in [0.2, 0.25) is 0 Å². The number of carbonyl (C=O) groups is 1. The Labute approximate surface area is 178 Å². The van der Waals surface area contributed by atoms with E-state index in [1.807, 2.05) is 42.6 Å². The standard InChI is InChI=1S/C24H16ClN3O2/c25-21-5-6-22-20(11-19(13-26)17-1-3-18(4-2-17)24(29)30)15-28(23(22)12-21)14-16-7-9-27-10-8-16/h1-12,15H,14H2,(H,29,30)/b19-11+. The minimum Gasteiger partial charge on any atom is -0.478 e. The van der Waals surface area contributed by atoms with Crippen LogP contribution in [0.5, 0.6) is 0 Å². The summed E-state index contributed by atoms with van der Waals surface area (Å²) in [6, 6.07) is 18.1. The number of aromatic carboxylic acids is 1. The highest BCUT2D eigenvalue weighted by atomic mass is 35.5. The van der Waals surface area contributed by atoms with Crippen molar-refractivity contribution in [2.75, 3.05) is 0 Å². The quantitative estimate of drug-likeness (QED) is 0.438. The Morgan fingerprint density at radius 2 is 1.80 bits per heavy atom. The van der Waals surface area contributed by atoms with Crippen LogP contribution in [-0.4, -0.2) is 20.6 Å². The lowest BCUT2D eigenvalue weighted by atomic mass is 10.0. The molecule has 0 atom stereocenters. The van der Waals surface area contributed by atoms with Gasteiger partial charge in [0.25, 0.3) is 0 Å². The van der Waals surface area contributed by atoms with Crippen molar-refractivity contribution in [1.29, 1.82) is 5.26 Å². The van der Waals surface area contributed by atoms with E-state index in [-0.39, 0.29) is 5.56 Å². The summed E-state index contributed by atoms with van der Waals surface area (Å²) < 4.78 is 2.09. The lowest BCUT2D eigenvalue weighted by molar-refractivity contribution is 0.0697. The van der Waals surface area contributed by atoms with Gasteiger partial charge >= 0.3 is 5.97 Å². The normalized spacial score (nSPS) is 11.4. The monoisotopic (exact) mass is 413 g/mol. The Hall–Kier alpha value is -3.88. The maximum Gasteiger partial charge on any atom is 0.335 e. The Morgan fingerprint density at radius 3 is 2.47 bits per heavy atom. The second-order valence-electron chi connectivity index (χ2n) is 6.78. The van der Waals surface area contributed by atoms with Crippen molar-refractivity contribution in [2.45, 2.75) is 6.54 Å². The molecule has 0 fully saturated rings. The lowest BCUT2D eigenvalue weighted by Gasteiger charge is -2.05. The average molecular weight is 414 g/mol. The summed E-state index contributed by atoms with van der Waals surface area (Å²) in [4.78, 5) is 15.1. The van der Waals surface area contributed by atoms with Crippen molar-refractivity contribution < 1.29 is 9.90 Å². The molecule has 0 aliphatic rings. The van der Waals surface area contributed by atoms with Gasteiger partial charge in [-0.15, -0.1) is 0 Å². The molecule has 146 valence electrons. The van der Waals surface area contributed by atoms with Crippen molar-refractivity contribution in [3.8, 4) is 6.07 Å². The molecule has 0 aliphatic heterocycles. The molecule has 5 nitrogen and oxygen atoms in total. The van der Waals surface area contributed by atoms with Gasteiger partial charge in [0.05, 0.1) is 22.7 Å². The topological polar surface area (TPSA) is 78.9 Å². The number of nitrogens with zero attached hydrogens (tertiary/aromatic N) is 3. The van der Waals surface area contributed by atoms with E-state index >= 15 is 0 Å². The van der Waals surface area contributed by atoms with Crippen LogP contribution in [0.4, 0.5) is 0 Å². The first-order valence-corrected chi connectivity index (χ1v) is 9.56. The molecule has 1 N–H and O–H groups in total. The summed E-state index contributed by atoms with van der Waals surface area (Å²) in [6.07, 6.45) is 7.31. The summed E-state index contributed by atoms with van der Waals surface area (Å²) in [7, 11) is 0. The second kappa shape index (κ2) is 8.24. The summed E-state index contributed by atoms with van der Waals surface area (Å²) in [5, 5.41) is 20.4. The van der Waals surface area contributed by atoms with Gasteiger partial charge in [-0.05, 0) is 53.6 Å². The third kappa shape index (κ3) is 3.95. The average Bonchev–Trinajstić information content (AvgIpc) is 3.09. The molecule has 4 aromatic rings. The van der Waals surface area contributed by atoms with Gasteiger partial charge in [-0.1, -0.05) is 29.8 Å². The molecule has 0 bridgehead atoms. The van der Waals surface area contributed by atoms with Crippen molar-refractivity contribution in [1.82, 2.24) is 9.55 Å². The van der Waals surface area contributed by atoms with Crippen LogP contribution >= 0.6 is 11.6 Å². The van der Waals surface area contributed by atoms with Crippen LogP contribution in [0.15, 0.2) is 73.2 Å². The number of allylic oxidation sites excluding steroid dienone is 1. The van der Waals surface area contributed by atoms with Gasteiger partial charge < -0.3 is 9.67 Å². The Kier molecular flexibility index (Phi) is 5.34. The van der Waals surface area contributed by atoms with Gasteiger partial charge in [0.1, 0.15) is 0 Å². The molecule has 30 heavy (non-hydrogen) atoms. The molecule has 4 rings (SSSR count). The summed E-state index contributed by atoms with van der Waals surface area (Å²) in [5.74, 6) is -1.000. The molecule has 0 saturated heterocycles. The Morgan fingerprint density at radius 1 is 1.10 bits per heavy atom. The van der Waals surface area contributed by atoms with E-state index in [0.717, 1.165) is 22.0 Å². The maximum atomic E-state index is 11.1. The van der Waals surface area contributed by atoms with E-state index in [1.165, 1.54) is 12.1 Å². The van der Waals surface area contributed by atoms with E-state index in [9.17, 15) is 10.1 Å². The molecule has 0 saturated carbocycles. The second-order valence-corrected chi connectivity index (χ2v) is 7.22. The molecule has 0 unspecified atom stereocenters. The van der Waals surface area contributed by atoms with Crippen LogP contribution in [-0.2, 0) is 6.54 Å². The Bertz CT molecular complexity index is 1300. The molecule has 2 aromatic carbocycles. The van der Waals surface area contributed by atoms with E-state index in [0.29, 0.717) is 22.7 Å². The Balaban J connectivity index is 1.79. The van der Waals surface area contributed by atoms with Gasteiger partial charge in [-0.2, -0.15) is 5.26 Å². The lowest BCUT2D eigenvalue weighted by Crippen LogP contribution is -1.97. The number of hydrogen-bond donors (Lipinski definition) is 1. The summed E-state index contributed by atoms with van der Waals surface area (Å²) >= 11 is 6.23. The highest BCUT2D eigenvalue weighted by molar-refractivity contribution is 6.31. The van der Waals surface area contributed by atoms with Crippen molar-refractivity contribution >= 4 is 40.1 Å². The SMILES string of the molecule is N#C/C(=C\c1cn(Cc2ccncc2)c2cc(Cl)ccc12)c1ccc(C(=O)O)cc1. The first-order chi connectivity index (χ1) is 14.5. The molecule has 0 amide bonds. The van der Waals surface area contributed by atoms with Crippen LogP contribution < -0.4 is 0 Å². The van der Waals surface area contributed by atoms with Crippen LogP contribution in [0.25, 0.3) is 22.6 Å². The zero-order valence-corrected chi connectivity index (χ0v) is 16.5. The van der Waals surface area contributed by atoms with Crippen LogP contribution in [0.1, 0.15) is 27.0 Å². The zero-order chi connectivity index (χ0) is 21.1. The van der Waals surface area contributed by atoms with E-state index in [4.69, 9.17) is 16.7 Å². The van der Waals surface area contributed by atoms with Gasteiger partial charge in [-0.25, -0.2) is 4.79 Å². The number of benzene rings is 2. The first kappa shape index (κ1) is 19.4. The minimum atomic E-state index is -1.000. The molecule has 6 heteroatoms. The maximum absolute atomic E-state index is 11.1. The van der Waals surface area contributed by atoms with E-state index < -0.39 is 5.97 Å². The first-order valence-electron chi connectivity index (χ1n) is 9.18. The fourth-order valence-electron chi connectivity index (χ4n) is 3.35. The number of aromatic nitrogens is 2. The molecule has 2 heterocycles. The van der Waals surface area contributed by atoms with Crippen molar-refractivity contribution in [3.63, 3.8) is 0 Å². The van der Waals surface area contributed by atoms with Crippen LogP contribution in [0.2, 0.25) is 5.02 Å². The highest BCUT2D eigenvalue weighted by Gasteiger charge is 2.11. The predicted molar refractivity (Wildman–Crippen MR) is 117 cm³/mol. The van der Waals surface area contributed by atoms with E-state index in [1.54, 1.807) is 24.5 Å².